The first-order valence-electron chi connectivity index (χ1n) is 6.77. The van der Waals surface area contributed by atoms with Crippen molar-refractivity contribution < 1.29 is 14.3 Å². The Morgan fingerprint density at radius 2 is 1.86 bits per heavy atom. The van der Waals surface area contributed by atoms with Crippen LogP contribution in [-0.2, 0) is 0 Å². The highest BCUT2D eigenvalue weighted by Gasteiger charge is 2.09. The Kier molecular flexibility index (Phi) is 5.14. The molecule has 0 bridgehead atoms. The summed E-state index contributed by atoms with van der Waals surface area (Å²) in [5, 5.41) is 3.98. The number of ether oxygens (including phenoxy) is 2. The second-order valence-electron chi connectivity index (χ2n) is 4.60. The molecule has 1 amide bonds. The Morgan fingerprint density at radius 1 is 1.09 bits per heavy atom. The zero-order valence-corrected chi connectivity index (χ0v) is 12.8. The molecule has 0 atom stereocenters. The van der Waals surface area contributed by atoms with E-state index in [4.69, 9.17) is 9.47 Å². The van der Waals surface area contributed by atoms with Gasteiger partial charge >= 0.3 is 0 Å². The summed E-state index contributed by atoms with van der Waals surface area (Å²) in [5.74, 6) is 0.923. The van der Waals surface area contributed by atoms with Crippen molar-refractivity contribution in [2.45, 2.75) is 6.92 Å². The molecule has 5 nitrogen and oxygen atoms in total. The molecule has 0 heterocycles. The molecular weight excluding hydrogens is 280 g/mol. The van der Waals surface area contributed by atoms with Crippen LogP contribution in [0.1, 0.15) is 21.5 Å². The number of hydrazone groups is 1. The Balaban J connectivity index is 2.13. The van der Waals surface area contributed by atoms with Crippen LogP contribution in [0.2, 0.25) is 0 Å². The molecule has 2 rings (SSSR count). The highest BCUT2D eigenvalue weighted by Crippen LogP contribution is 2.29. The van der Waals surface area contributed by atoms with Gasteiger partial charge in [-0.2, -0.15) is 5.10 Å². The predicted octanol–water partition coefficient (Wildman–Crippen LogP) is 2.78. The normalized spacial score (nSPS) is 10.5. The van der Waals surface area contributed by atoms with Gasteiger partial charge in [0.15, 0.2) is 11.5 Å². The molecule has 0 aliphatic carbocycles. The Bertz CT molecular complexity index is 696. The van der Waals surface area contributed by atoms with Gasteiger partial charge in [0.05, 0.1) is 20.4 Å². The van der Waals surface area contributed by atoms with E-state index in [1.54, 1.807) is 26.4 Å². The number of nitrogens with one attached hydrogen (secondary N) is 1. The minimum Gasteiger partial charge on any atom is -0.493 e. The summed E-state index contributed by atoms with van der Waals surface area (Å²) in [6, 6.07) is 12.8. The van der Waals surface area contributed by atoms with Crippen LogP contribution in [0.3, 0.4) is 0 Å². The second-order valence-corrected chi connectivity index (χ2v) is 4.60. The lowest BCUT2D eigenvalue weighted by atomic mass is 10.1. The fraction of sp³-hybridized carbons (Fsp3) is 0.176. The average Bonchev–Trinajstić information content (AvgIpc) is 2.54. The number of aryl methyl sites for hydroxylation is 1. The van der Waals surface area contributed by atoms with Gasteiger partial charge in [0.1, 0.15) is 0 Å². The number of benzene rings is 2. The van der Waals surface area contributed by atoms with E-state index in [0.29, 0.717) is 22.6 Å². The van der Waals surface area contributed by atoms with Crippen molar-refractivity contribution in [3.8, 4) is 11.5 Å². The number of hydrogen-bond donors (Lipinski definition) is 1. The van der Waals surface area contributed by atoms with Gasteiger partial charge in [0.25, 0.3) is 5.91 Å². The maximum atomic E-state index is 12.1. The third-order valence-corrected chi connectivity index (χ3v) is 3.19. The van der Waals surface area contributed by atoms with Gasteiger partial charge in [-0.15, -0.1) is 0 Å². The van der Waals surface area contributed by atoms with E-state index in [1.807, 2.05) is 37.3 Å². The molecule has 0 spiro atoms. The van der Waals surface area contributed by atoms with Gasteiger partial charge in [-0.1, -0.05) is 24.3 Å². The Morgan fingerprint density at radius 3 is 2.55 bits per heavy atom. The van der Waals surface area contributed by atoms with Crippen molar-refractivity contribution in [1.29, 1.82) is 0 Å². The molecule has 0 fully saturated rings. The fourth-order valence-corrected chi connectivity index (χ4v) is 2.06. The molecule has 1 N–H and O–H groups in total. The summed E-state index contributed by atoms with van der Waals surface area (Å²) >= 11 is 0. The number of carbonyl (C=O) groups is 1. The van der Waals surface area contributed by atoms with Crippen LogP contribution in [0.5, 0.6) is 11.5 Å². The molecular formula is C17H18N2O3. The molecule has 0 aliphatic heterocycles. The van der Waals surface area contributed by atoms with E-state index in [0.717, 1.165) is 5.56 Å². The molecule has 2 aromatic carbocycles. The number of rotatable bonds is 5. The van der Waals surface area contributed by atoms with Crippen LogP contribution in [-0.4, -0.2) is 26.3 Å². The van der Waals surface area contributed by atoms with E-state index >= 15 is 0 Å². The Hall–Kier alpha value is -2.82. The molecule has 2 aromatic rings. The number of methoxy groups -OCH3 is 2. The highest BCUT2D eigenvalue weighted by atomic mass is 16.5. The molecule has 0 saturated carbocycles. The molecule has 0 unspecified atom stereocenters. The lowest BCUT2D eigenvalue weighted by Gasteiger charge is -2.09. The monoisotopic (exact) mass is 298 g/mol. The molecule has 22 heavy (non-hydrogen) atoms. The first-order chi connectivity index (χ1) is 10.7. The summed E-state index contributed by atoms with van der Waals surface area (Å²) < 4.78 is 10.5. The molecule has 0 radical (unpaired) electrons. The van der Waals surface area contributed by atoms with Gasteiger partial charge in [-0.05, 0) is 30.7 Å². The third kappa shape index (κ3) is 3.44. The molecule has 114 valence electrons. The van der Waals surface area contributed by atoms with Gasteiger partial charge in [0.2, 0.25) is 0 Å². The third-order valence-electron chi connectivity index (χ3n) is 3.19. The second kappa shape index (κ2) is 7.26. The smallest absolute Gasteiger partial charge is 0.271 e. The van der Waals surface area contributed by atoms with E-state index in [2.05, 4.69) is 10.5 Å². The summed E-state index contributed by atoms with van der Waals surface area (Å²) in [6.07, 6.45) is 1.53. The van der Waals surface area contributed by atoms with E-state index in [-0.39, 0.29) is 5.91 Å². The SMILES string of the molecule is COc1cccc(/C=N\NC(=O)c2ccccc2C)c1OC. The van der Waals surface area contributed by atoms with E-state index in [9.17, 15) is 4.79 Å². The van der Waals surface area contributed by atoms with Crippen molar-refractivity contribution in [2.75, 3.05) is 14.2 Å². The van der Waals surface area contributed by atoms with Crippen LogP contribution in [0.25, 0.3) is 0 Å². The maximum absolute atomic E-state index is 12.1. The number of carbonyl (C=O) groups excluding carboxylic acids is 1. The maximum Gasteiger partial charge on any atom is 0.271 e. The summed E-state index contributed by atoms with van der Waals surface area (Å²) in [4.78, 5) is 12.1. The van der Waals surface area contributed by atoms with Crippen molar-refractivity contribution in [3.05, 3.63) is 59.2 Å². The molecule has 0 saturated heterocycles. The zero-order valence-electron chi connectivity index (χ0n) is 12.8. The number of nitrogens with zero attached hydrogens (tertiary/aromatic N) is 1. The minimum atomic E-state index is -0.254. The summed E-state index contributed by atoms with van der Waals surface area (Å²) in [7, 11) is 3.12. The van der Waals surface area contributed by atoms with Crippen LogP contribution < -0.4 is 14.9 Å². The number of hydrogen-bond acceptors (Lipinski definition) is 4. The van der Waals surface area contributed by atoms with Crippen molar-refractivity contribution >= 4 is 12.1 Å². The first kappa shape index (κ1) is 15.6. The van der Waals surface area contributed by atoms with Gasteiger partial charge < -0.3 is 9.47 Å². The minimum absolute atomic E-state index is 0.254. The predicted molar refractivity (Wildman–Crippen MR) is 85.8 cm³/mol. The fourth-order valence-electron chi connectivity index (χ4n) is 2.06. The van der Waals surface area contributed by atoms with E-state index < -0.39 is 0 Å². The van der Waals surface area contributed by atoms with Gasteiger partial charge in [-0.25, -0.2) is 5.43 Å². The van der Waals surface area contributed by atoms with Crippen molar-refractivity contribution in [2.24, 2.45) is 5.10 Å². The zero-order chi connectivity index (χ0) is 15.9. The number of para-hydroxylation sites is 1. The lowest BCUT2D eigenvalue weighted by Crippen LogP contribution is -2.18. The van der Waals surface area contributed by atoms with Crippen LogP contribution in [0.4, 0.5) is 0 Å². The molecule has 0 aliphatic rings. The number of amides is 1. The average molecular weight is 298 g/mol. The highest BCUT2D eigenvalue weighted by molar-refractivity contribution is 5.96. The standard InChI is InChI=1S/C17H18N2O3/c1-12-7-4-5-9-14(12)17(20)19-18-11-13-8-6-10-15(21-2)16(13)22-3/h4-11H,1-3H3,(H,19,20)/b18-11-. The van der Waals surface area contributed by atoms with Crippen LogP contribution >= 0.6 is 0 Å². The Labute approximate surface area is 129 Å². The lowest BCUT2D eigenvalue weighted by molar-refractivity contribution is 0.0954. The van der Waals surface area contributed by atoms with Crippen LogP contribution in [0.15, 0.2) is 47.6 Å². The topological polar surface area (TPSA) is 59.9 Å². The molecule has 5 heteroatoms. The largest absolute Gasteiger partial charge is 0.493 e. The molecule has 0 aromatic heterocycles. The van der Waals surface area contributed by atoms with E-state index in [1.165, 1.54) is 6.21 Å². The van der Waals surface area contributed by atoms with Crippen molar-refractivity contribution in [1.82, 2.24) is 5.43 Å². The van der Waals surface area contributed by atoms with Gasteiger partial charge in [-0.3, -0.25) is 4.79 Å². The quantitative estimate of drug-likeness (QED) is 0.682. The van der Waals surface area contributed by atoms with Crippen LogP contribution in [0, 0.1) is 6.92 Å². The first-order valence-corrected chi connectivity index (χ1v) is 6.77. The van der Waals surface area contributed by atoms with Gasteiger partial charge in [0, 0.05) is 11.1 Å². The summed E-state index contributed by atoms with van der Waals surface area (Å²) in [5.41, 5.74) is 4.72. The summed E-state index contributed by atoms with van der Waals surface area (Å²) in [6.45, 7) is 1.88. The van der Waals surface area contributed by atoms with Crippen molar-refractivity contribution in [3.63, 3.8) is 0 Å².